The molecule has 0 amide bonds. The summed E-state index contributed by atoms with van der Waals surface area (Å²) in [5.74, 6) is 0.553. The third kappa shape index (κ3) is 3.01. The topological polar surface area (TPSA) is 42.2 Å². The van der Waals surface area contributed by atoms with Crippen molar-refractivity contribution in [3.8, 4) is 0 Å². The molecule has 2 N–H and O–H groups in total. The first-order chi connectivity index (χ1) is 8.56. The van der Waals surface area contributed by atoms with E-state index in [1.165, 1.54) is 16.1 Å². The summed E-state index contributed by atoms with van der Waals surface area (Å²) in [7, 11) is 2.09. The Labute approximate surface area is 112 Å². The quantitative estimate of drug-likeness (QED) is 0.916. The van der Waals surface area contributed by atoms with Gasteiger partial charge in [-0.1, -0.05) is 26.0 Å². The van der Waals surface area contributed by atoms with Crippen LogP contribution in [0.3, 0.4) is 0 Å². The predicted molar refractivity (Wildman–Crippen MR) is 79.2 cm³/mol. The molecule has 1 aromatic heterocycles. The lowest BCUT2D eigenvalue weighted by Gasteiger charge is -2.19. The molecule has 0 spiro atoms. The summed E-state index contributed by atoms with van der Waals surface area (Å²) in [6, 6.07) is 8.67. The minimum Gasteiger partial charge on any atom is -0.375 e. The van der Waals surface area contributed by atoms with Gasteiger partial charge in [0, 0.05) is 23.8 Å². The maximum atomic E-state index is 5.65. The number of aromatic nitrogens is 1. The van der Waals surface area contributed by atoms with Gasteiger partial charge in [0.15, 0.2) is 5.13 Å². The molecule has 0 saturated carbocycles. The molecule has 3 nitrogen and oxygen atoms in total. The molecule has 18 heavy (non-hydrogen) atoms. The highest BCUT2D eigenvalue weighted by molar-refractivity contribution is 7.15. The van der Waals surface area contributed by atoms with Crippen LogP contribution in [0.4, 0.5) is 10.8 Å². The summed E-state index contributed by atoms with van der Waals surface area (Å²) in [6.07, 6.45) is 1.85. The average molecular weight is 261 g/mol. The van der Waals surface area contributed by atoms with Crippen LogP contribution in [-0.4, -0.2) is 12.0 Å². The number of hydrogen-bond donors (Lipinski definition) is 1. The molecule has 0 bridgehead atoms. The Hall–Kier alpha value is -1.55. The van der Waals surface area contributed by atoms with Crippen LogP contribution in [0, 0.1) is 0 Å². The zero-order valence-corrected chi connectivity index (χ0v) is 11.9. The summed E-state index contributed by atoms with van der Waals surface area (Å²) < 4.78 is 0. The van der Waals surface area contributed by atoms with Gasteiger partial charge in [0.2, 0.25) is 0 Å². The molecule has 0 aliphatic heterocycles. The molecule has 2 aromatic rings. The Morgan fingerprint density at radius 3 is 2.78 bits per heavy atom. The minimum absolute atomic E-state index is 0.553. The van der Waals surface area contributed by atoms with Crippen LogP contribution in [0.5, 0.6) is 0 Å². The van der Waals surface area contributed by atoms with E-state index in [2.05, 4.69) is 55.0 Å². The van der Waals surface area contributed by atoms with Crippen LogP contribution in [-0.2, 0) is 6.54 Å². The lowest BCUT2D eigenvalue weighted by Crippen LogP contribution is -2.15. The molecule has 0 radical (unpaired) electrons. The van der Waals surface area contributed by atoms with Crippen LogP contribution in [0.15, 0.2) is 30.5 Å². The monoisotopic (exact) mass is 261 g/mol. The number of rotatable bonds is 4. The van der Waals surface area contributed by atoms with E-state index in [-0.39, 0.29) is 0 Å². The van der Waals surface area contributed by atoms with Gasteiger partial charge in [-0.25, -0.2) is 4.98 Å². The van der Waals surface area contributed by atoms with E-state index in [1.54, 1.807) is 11.3 Å². The van der Waals surface area contributed by atoms with Crippen molar-refractivity contribution in [2.24, 2.45) is 0 Å². The molecule has 0 saturated heterocycles. The Kier molecular flexibility index (Phi) is 3.87. The van der Waals surface area contributed by atoms with Crippen LogP contribution >= 0.6 is 11.3 Å². The number of hydrogen-bond acceptors (Lipinski definition) is 4. The fourth-order valence-electron chi connectivity index (χ4n) is 1.84. The van der Waals surface area contributed by atoms with Crippen molar-refractivity contribution >= 4 is 22.2 Å². The third-order valence-corrected chi connectivity index (χ3v) is 3.75. The van der Waals surface area contributed by atoms with E-state index in [9.17, 15) is 0 Å². The lowest BCUT2D eigenvalue weighted by atomic mass is 10.0. The van der Waals surface area contributed by atoms with Crippen molar-refractivity contribution in [1.82, 2.24) is 4.98 Å². The van der Waals surface area contributed by atoms with Gasteiger partial charge in [0.25, 0.3) is 0 Å². The number of benzene rings is 1. The fraction of sp³-hybridized carbons (Fsp3) is 0.357. The number of nitrogens with zero attached hydrogens (tertiary/aromatic N) is 2. The highest BCUT2D eigenvalue weighted by Crippen LogP contribution is 2.23. The first-order valence-corrected chi connectivity index (χ1v) is 6.89. The Morgan fingerprint density at radius 2 is 2.17 bits per heavy atom. The molecule has 4 heteroatoms. The first kappa shape index (κ1) is 12.9. The molecule has 0 atom stereocenters. The maximum Gasteiger partial charge on any atom is 0.180 e. The van der Waals surface area contributed by atoms with E-state index < -0.39 is 0 Å². The molecular weight excluding hydrogens is 242 g/mol. The highest BCUT2D eigenvalue weighted by atomic mass is 32.1. The van der Waals surface area contributed by atoms with Crippen LogP contribution in [0.1, 0.15) is 30.2 Å². The van der Waals surface area contributed by atoms with Gasteiger partial charge in [-0.05, 0) is 23.6 Å². The van der Waals surface area contributed by atoms with E-state index >= 15 is 0 Å². The van der Waals surface area contributed by atoms with Crippen molar-refractivity contribution in [2.45, 2.75) is 26.3 Å². The SMILES string of the molecule is CC(C)c1cccc(N(C)Cc2cnc(N)s2)c1. The standard InChI is InChI=1S/C14H19N3S/c1-10(2)11-5-4-6-12(7-11)17(3)9-13-8-16-14(15)18-13/h4-8,10H,9H2,1-3H3,(H2,15,16). The maximum absolute atomic E-state index is 5.65. The molecule has 0 fully saturated rings. The third-order valence-electron chi connectivity index (χ3n) is 2.94. The van der Waals surface area contributed by atoms with Gasteiger partial charge < -0.3 is 10.6 Å². The highest BCUT2D eigenvalue weighted by Gasteiger charge is 2.07. The van der Waals surface area contributed by atoms with Gasteiger partial charge in [-0.3, -0.25) is 0 Å². The first-order valence-electron chi connectivity index (χ1n) is 6.07. The predicted octanol–water partition coefficient (Wildman–Crippen LogP) is 3.49. The van der Waals surface area contributed by atoms with Gasteiger partial charge in [0.1, 0.15) is 0 Å². The van der Waals surface area contributed by atoms with Crippen molar-refractivity contribution in [3.63, 3.8) is 0 Å². The molecule has 0 unspecified atom stereocenters. The van der Waals surface area contributed by atoms with E-state index in [0.29, 0.717) is 11.0 Å². The number of thiazole rings is 1. The average Bonchev–Trinajstić information content (AvgIpc) is 2.75. The van der Waals surface area contributed by atoms with Crippen LogP contribution < -0.4 is 10.6 Å². The van der Waals surface area contributed by atoms with Crippen molar-refractivity contribution in [1.29, 1.82) is 0 Å². The van der Waals surface area contributed by atoms with Gasteiger partial charge in [-0.15, -0.1) is 11.3 Å². The van der Waals surface area contributed by atoms with Crippen LogP contribution in [0.25, 0.3) is 0 Å². The van der Waals surface area contributed by atoms with Gasteiger partial charge in [-0.2, -0.15) is 0 Å². The molecule has 0 aliphatic rings. The van der Waals surface area contributed by atoms with Crippen molar-refractivity contribution in [2.75, 3.05) is 17.7 Å². The van der Waals surface area contributed by atoms with E-state index in [0.717, 1.165) is 6.54 Å². The second-order valence-electron chi connectivity index (χ2n) is 4.77. The van der Waals surface area contributed by atoms with Gasteiger partial charge >= 0.3 is 0 Å². The summed E-state index contributed by atoms with van der Waals surface area (Å²) in [5, 5.41) is 0.634. The molecule has 1 heterocycles. The van der Waals surface area contributed by atoms with E-state index in [4.69, 9.17) is 5.73 Å². The normalized spacial score (nSPS) is 10.9. The summed E-state index contributed by atoms with van der Waals surface area (Å²) in [4.78, 5) is 7.48. The second-order valence-corrected chi connectivity index (χ2v) is 5.92. The smallest absolute Gasteiger partial charge is 0.180 e. The van der Waals surface area contributed by atoms with Crippen molar-refractivity contribution < 1.29 is 0 Å². The number of nitrogen functional groups attached to an aromatic ring is 1. The number of nitrogens with two attached hydrogens (primary N) is 1. The molecule has 0 aliphatic carbocycles. The van der Waals surface area contributed by atoms with Crippen LogP contribution in [0.2, 0.25) is 0 Å². The van der Waals surface area contributed by atoms with Crippen molar-refractivity contribution in [3.05, 3.63) is 40.9 Å². The Bertz CT molecular complexity index is 519. The van der Waals surface area contributed by atoms with E-state index in [1.807, 2.05) is 6.20 Å². The molecule has 96 valence electrons. The largest absolute Gasteiger partial charge is 0.375 e. The molecule has 2 rings (SSSR count). The second kappa shape index (κ2) is 5.40. The molecular formula is C14H19N3S. The Balaban J connectivity index is 2.13. The zero-order chi connectivity index (χ0) is 13.1. The Morgan fingerprint density at radius 1 is 1.39 bits per heavy atom. The summed E-state index contributed by atoms with van der Waals surface area (Å²) in [6.45, 7) is 5.27. The lowest BCUT2D eigenvalue weighted by molar-refractivity contribution is 0.860. The summed E-state index contributed by atoms with van der Waals surface area (Å²) in [5.41, 5.74) is 8.24. The fourth-order valence-corrected chi connectivity index (χ4v) is 2.58. The summed E-state index contributed by atoms with van der Waals surface area (Å²) >= 11 is 1.55. The molecule has 1 aromatic carbocycles. The number of anilines is 2. The minimum atomic E-state index is 0.553. The van der Waals surface area contributed by atoms with Gasteiger partial charge in [0.05, 0.1) is 6.54 Å². The zero-order valence-electron chi connectivity index (χ0n) is 11.1.